The Morgan fingerprint density at radius 1 is 0.964 bits per heavy atom. The van der Waals surface area contributed by atoms with Gasteiger partial charge in [0.15, 0.2) is 5.76 Å². The summed E-state index contributed by atoms with van der Waals surface area (Å²) in [6.07, 6.45) is 5.60. The summed E-state index contributed by atoms with van der Waals surface area (Å²) in [6, 6.07) is 10.9. The number of piperidine rings is 1. The minimum atomic E-state index is -0.0701. The molecule has 2 aliphatic rings. The van der Waals surface area contributed by atoms with Crippen LogP contribution in [0.5, 0.6) is 5.75 Å². The number of nitrogens with zero attached hydrogens (tertiary/aromatic N) is 2. The minimum Gasteiger partial charge on any atom is -0.492 e. The van der Waals surface area contributed by atoms with Crippen LogP contribution in [0.1, 0.15) is 46.6 Å². The van der Waals surface area contributed by atoms with Crippen LogP contribution >= 0.6 is 0 Å². The maximum Gasteiger partial charge on any atom is 0.289 e. The van der Waals surface area contributed by atoms with E-state index in [1.54, 1.807) is 12.1 Å². The Bertz CT molecular complexity index is 812. The second kappa shape index (κ2) is 8.50. The van der Waals surface area contributed by atoms with Gasteiger partial charge in [-0.3, -0.25) is 9.59 Å². The molecule has 0 radical (unpaired) electrons. The molecule has 0 aliphatic carbocycles. The molecule has 6 nitrogen and oxygen atoms in total. The fraction of sp³-hybridized carbons (Fsp3) is 0.455. The summed E-state index contributed by atoms with van der Waals surface area (Å²) in [7, 11) is 0. The molecular formula is C22H26N2O4. The molecule has 148 valence electrons. The SMILES string of the molecule is O=C(c1ccco1)N1CCCC(COc2ccccc2C(=O)N2CCCC2)C1. The van der Waals surface area contributed by atoms with Crippen LogP contribution in [-0.2, 0) is 0 Å². The number of ether oxygens (including phenoxy) is 1. The standard InChI is InChI=1S/C22H26N2O4/c25-21(23-11-3-4-12-23)18-8-1-2-9-19(18)28-16-17-7-5-13-24(15-17)22(26)20-10-6-14-27-20/h1-2,6,8-10,14,17H,3-5,7,11-13,15-16H2. The zero-order valence-electron chi connectivity index (χ0n) is 16.0. The van der Waals surface area contributed by atoms with Gasteiger partial charge in [-0.15, -0.1) is 0 Å². The summed E-state index contributed by atoms with van der Waals surface area (Å²) in [5.74, 6) is 1.23. The Hall–Kier alpha value is -2.76. The van der Waals surface area contributed by atoms with E-state index in [4.69, 9.17) is 9.15 Å². The van der Waals surface area contributed by atoms with Crippen molar-refractivity contribution < 1.29 is 18.7 Å². The number of hydrogen-bond acceptors (Lipinski definition) is 4. The molecule has 6 heteroatoms. The van der Waals surface area contributed by atoms with Crippen molar-refractivity contribution in [2.24, 2.45) is 5.92 Å². The Morgan fingerprint density at radius 2 is 1.75 bits per heavy atom. The van der Waals surface area contributed by atoms with Gasteiger partial charge in [0.2, 0.25) is 0 Å². The number of amides is 2. The third-order valence-corrected chi connectivity index (χ3v) is 5.52. The van der Waals surface area contributed by atoms with Gasteiger partial charge in [0, 0.05) is 32.1 Å². The lowest BCUT2D eigenvalue weighted by atomic mass is 9.98. The van der Waals surface area contributed by atoms with E-state index in [0.29, 0.717) is 30.2 Å². The molecule has 0 bridgehead atoms. The Kier molecular flexibility index (Phi) is 5.65. The number of carbonyl (C=O) groups is 2. The van der Waals surface area contributed by atoms with Crippen molar-refractivity contribution in [2.45, 2.75) is 25.7 Å². The third-order valence-electron chi connectivity index (χ3n) is 5.52. The summed E-state index contributed by atoms with van der Waals surface area (Å²) < 4.78 is 11.3. The van der Waals surface area contributed by atoms with E-state index >= 15 is 0 Å². The van der Waals surface area contributed by atoms with Crippen LogP contribution in [0.15, 0.2) is 47.1 Å². The summed E-state index contributed by atoms with van der Waals surface area (Å²) in [5.41, 5.74) is 0.628. The Balaban J connectivity index is 1.38. The van der Waals surface area contributed by atoms with Gasteiger partial charge in [0.05, 0.1) is 18.4 Å². The van der Waals surface area contributed by atoms with Gasteiger partial charge in [0.1, 0.15) is 5.75 Å². The normalized spacial score (nSPS) is 19.6. The van der Waals surface area contributed by atoms with E-state index in [1.807, 2.05) is 34.1 Å². The summed E-state index contributed by atoms with van der Waals surface area (Å²) in [6.45, 7) is 3.51. The van der Waals surface area contributed by atoms with Crippen LogP contribution in [0.2, 0.25) is 0 Å². The average Bonchev–Trinajstić information content (AvgIpc) is 3.46. The van der Waals surface area contributed by atoms with Crippen molar-refractivity contribution in [3.63, 3.8) is 0 Å². The van der Waals surface area contributed by atoms with Gasteiger partial charge < -0.3 is 19.0 Å². The molecule has 2 saturated heterocycles. The van der Waals surface area contributed by atoms with Gasteiger partial charge in [-0.1, -0.05) is 12.1 Å². The van der Waals surface area contributed by atoms with Crippen LogP contribution in [0.4, 0.5) is 0 Å². The molecule has 0 N–H and O–H groups in total. The lowest BCUT2D eigenvalue weighted by Crippen LogP contribution is -2.41. The zero-order valence-corrected chi connectivity index (χ0v) is 16.0. The molecule has 2 aliphatic heterocycles. The number of benzene rings is 1. The summed E-state index contributed by atoms with van der Waals surface area (Å²) in [4.78, 5) is 29.0. The maximum atomic E-state index is 12.8. The number of likely N-dealkylation sites (tertiary alicyclic amines) is 2. The highest BCUT2D eigenvalue weighted by Gasteiger charge is 2.27. The number of carbonyl (C=O) groups excluding carboxylic acids is 2. The monoisotopic (exact) mass is 382 g/mol. The van der Waals surface area contributed by atoms with Crippen LogP contribution in [0.25, 0.3) is 0 Å². The first-order valence-electron chi connectivity index (χ1n) is 10.1. The van der Waals surface area contributed by atoms with Crippen molar-refractivity contribution in [2.75, 3.05) is 32.8 Å². The van der Waals surface area contributed by atoms with Crippen molar-refractivity contribution in [3.05, 3.63) is 54.0 Å². The first-order valence-corrected chi connectivity index (χ1v) is 10.1. The van der Waals surface area contributed by atoms with Gasteiger partial charge in [0.25, 0.3) is 11.8 Å². The smallest absolute Gasteiger partial charge is 0.289 e. The molecule has 28 heavy (non-hydrogen) atoms. The quantitative estimate of drug-likeness (QED) is 0.795. The topological polar surface area (TPSA) is 63.0 Å². The highest BCUT2D eigenvalue weighted by molar-refractivity contribution is 5.97. The van der Waals surface area contributed by atoms with E-state index in [9.17, 15) is 9.59 Å². The molecule has 0 spiro atoms. The highest BCUT2D eigenvalue weighted by Crippen LogP contribution is 2.25. The van der Waals surface area contributed by atoms with Crippen LogP contribution in [0, 0.1) is 5.92 Å². The fourth-order valence-electron chi connectivity index (χ4n) is 4.01. The lowest BCUT2D eigenvalue weighted by Gasteiger charge is -2.32. The Morgan fingerprint density at radius 3 is 2.54 bits per heavy atom. The molecule has 1 atom stereocenters. The number of furan rings is 1. The molecule has 1 aromatic carbocycles. The zero-order chi connectivity index (χ0) is 19.3. The molecular weight excluding hydrogens is 356 g/mol. The predicted octanol–water partition coefficient (Wildman–Crippen LogP) is 3.45. The van der Waals surface area contributed by atoms with Gasteiger partial charge in [-0.2, -0.15) is 0 Å². The predicted molar refractivity (Wildman–Crippen MR) is 104 cm³/mol. The van der Waals surface area contributed by atoms with E-state index in [0.717, 1.165) is 45.3 Å². The first kappa shape index (κ1) is 18.6. The average molecular weight is 382 g/mol. The highest BCUT2D eigenvalue weighted by atomic mass is 16.5. The van der Waals surface area contributed by atoms with Crippen LogP contribution in [0.3, 0.4) is 0 Å². The first-order chi connectivity index (χ1) is 13.7. The molecule has 4 rings (SSSR count). The van der Waals surface area contributed by atoms with Crippen molar-refractivity contribution >= 4 is 11.8 Å². The maximum absolute atomic E-state index is 12.8. The van der Waals surface area contributed by atoms with E-state index in [1.165, 1.54) is 6.26 Å². The second-order valence-corrected chi connectivity index (χ2v) is 7.54. The fourth-order valence-corrected chi connectivity index (χ4v) is 4.01. The van der Waals surface area contributed by atoms with Crippen LogP contribution < -0.4 is 4.74 Å². The Labute approximate surface area is 165 Å². The lowest BCUT2D eigenvalue weighted by molar-refractivity contribution is 0.0601. The summed E-state index contributed by atoms with van der Waals surface area (Å²) in [5, 5.41) is 0. The molecule has 1 aromatic heterocycles. The van der Waals surface area contributed by atoms with Crippen LogP contribution in [-0.4, -0.2) is 54.4 Å². The van der Waals surface area contributed by atoms with Crippen molar-refractivity contribution in [3.8, 4) is 5.75 Å². The van der Waals surface area contributed by atoms with E-state index in [2.05, 4.69) is 0 Å². The number of para-hydroxylation sites is 1. The second-order valence-electron chi connectivity index (χ2n) is 7.54. The molecule has 2 fully saturated rings. The number of hydrogen-bond donors (Lipinski definition) is 0. The summed E-state index contributed by atoms with van der Waals surface area (Å²) >= 11 is 0. The molecule has 1 unspecified atom stereocenters. The largest absolute Gasteiger partial charge is 0.492 e. The minimum absolute atomic E-state index is 0.0476. The van der Waals surface area contributed by atoms with Crippen molar-refractivity contribution in [1.29, 1.82) is 0 Å². The van der Waals surface area contributed by atoms with Crippen molar-refractivity contribution in [1.82, 2.24) is 9.80 Å². The van der Waals surface area contributed by atoms with E-state index < -0.39 is 0 Å². The molecule has 3 heterocycles. The van der Waals surface area contributed by atoms with Gasteiger partial charge in [-0.25, -0.2) is 0 Å². The molecule has 2 amide bonds. The van der Waals surface area contributed by atoms with Gasteiger partial charge >= 0.3 is 0 Å². The van der Waals surface area contributed by atoms with Gasteiger partial charge in [-0.05, 0) is 49.9 Å². The molecule has 0 saturated carbocycles. The number of rotatable bonds is 5. The van der Waals surface area contributed by atoms with E-state index in [-0.39, 0.29) is 17.7 Å². The molecule has 2 aromatic rings. The third kappa shape index (κ3) is 4.06.